The van der Waals surface area contributed by atoms with Gasteiger partial charge in [0.25, 0.3) is 0 Å². The van der Waals surface area contributed by atoms with Crippen LogP contribution in [0.1, 0.15) is 38.1 Å². The number of ether oxygens (including phenoxy) is 3. The van der Waals surface area contributed by atoms with Crippen LogP contribution in [0.4, 0.5) is 24.9 Å². The maximum absolute atomic E-state index is 13.2. The molecule has 3 N–H and O–H groups in total. The van der Waals surface area contributed by atoms with Crippen molar-refractivity contribution in [1.29, 1.82) is 0 Å². The number of aryl methyl sites for hydroxylation is 1. The Kier molecular flexibility index (Phi) is 6.74. The van der Waals surface area contributed by atoms with Crippen LogP contribution in [0.25, 0.3) is 22.3 Å². The van der Waals surface area contributed by atoms with Crippen LogP contribution in [0.5, 0.6) is 0 Å². The molecule has 2 fully saturated rings. The average Bonchev–Trinajstić information content (AvgIpc) is 3.46. The molecule has 5 rings (SSSR count). The van der Waals surface area contributed by atoms with Crippen molar-refractivity contribution in [2.75, 3.05) is 37.5 Å². The summed E-state index contributed by atoms with van der Waals surface area (Å²) in [5, 5.41) is 16.7. The highest BCUT2D eigenvalue weighted by Gasteiger charge is 2.60. The fourth-order valence-corrected chi connectivity index (χ4v) is 5.22. The van der Waals surface area contributed by atoms with E-state index in [1.807, 2.05) is 0 Å². The predicted molar refractivity (Wildman–Crippen MR) is 131 cm³/mol. The molecule has 0 spiro atoms. The third kappa shape index (κ3) is 4.91. The molecule has 10 nitrogen and oxygen atoms in total. The SMILES string of the molecule is COCCNc1nc(C)c(-c2cc3cc(C(F)(F)F)ncc3o2)c(N[C@@]23CC[C@H](CO)[C@H]2OC(C)(C)O3)n1. The molecule has 4 heterocycles. The summed E-state index contributed by atoms with van der Waals surface area (Å²) in [6.07, 6.45) is -2.78. The summed E-state index contributed by atoms with van der Waals surface area (Å²) in [6.45, 7) is 6.19. The third-order valence-electron chi connectivity index (χ3n) is 6.80. The fourth-order valence-electron chi connectivity index (χ4n) is 5.22. The Bertz CT molecular complexity index is 1330. The van der Waals surface area contributed by atoms with E-state index < -0.39 is 29.5 Å². The molecule has 2 aliphatic rings. The minimum Gasteiger partial charge on any atom is -0.454 e. The molecule has 1 saturated carbocycles. The fraction of sp³-hybridized carbons (Fsp3) is 0.560. The number of halogens is 3. The Labute approximate surface area is 216 Å². The highest BCUT2D eigenvalue weighted by atomic mass is 19.4. The number of nitrogens with zero attached hydrogens (tertiary/aromatic N) is 3. The molecule has 0 bridgehead atoms. The number of alkyl halides is 3. The highest BCUT2D eigenvalue weighted by molar-refractivity contribution is 5.86. The van der Waals surface area contributed by atoms with Crippen LogP contribution < -0.4 is 10.6 Å². The van der Waals surface area contributed by atoms with Crippen LogP contribution in [0.2, 0.25) is 0 Å². The first-order valence-electron chi connectivity index (χ1n) is 12.3. The predicted octanol–water partition coefficient (Wildman–Crippen LogP) is 4.33. The van der Waals surface area contributed by atoms with E-state index in [9.17, 15) is 18.3 Å². The monoisotopic (exact) mass is 537 g/mol. The van der Waals surface area contributed by atoms with Crippen LogP contribution in [0, 0.1) is 12.8 Å². The average molecular weight is 538 g/mol. The van der Waals surface area contributed by atoms with Crippen LogP contribution in [0.3, 0.4) is 0 Å². The van der Waals surface area contributed by atoms with Crippen molar-refractivity contribution in [3.63, 3.8) is 0 Å². The number of aliphatic hydroxyl groups is 1. The largest absolute Gasteiger partial charge is 0.454 e. The first-order valence-corrected chi connectivity index (χ1v) is 12.3. The summed E-state index contributed by atoms with van der Waals surface area (Å²) in [5.41, 5.74) is -0.829. The number of pyridine rings is 1. The summed E-state index contributed by atoms with van der Waals surface area (Å²) in [4.78, 5) is 12.7. The van der Waals surface area contributed by atoms with Gasteiger partial charge in [0.05, 0.1) is 24.1 Å². The van der Waals surface area contributed by atoms with Gasteiger partial charge in [-0.05, 0) is 45.7 Å². The van der Waals surface area contributed by atoms with Crippen molar-refractivity contribution in [2.45, 2.75) is 57.4 Å². The molecule has 1 aliphatic heterocycles. The van der Waals surface area contributed by atoms with Gasteiger partial charge in [0, 0.05) is 31.6 Å². The van der Waals surface area contributed by atoms with Crippen molar-refractivity contribution in [3.05, 3.63) is 29.7 Å². The normalized spacial score (nSPS) is 24.6. The van der Waals surface area contributed by atoms with Crippen LogP contribution in [0.15, 0.2) is 22.7 Å². The van der Waals surface area contributed by atoms with Gasteiger partial charge in [-0.3, -0.25) is 0 Å². The Morgan fingerprint density at radius 3 is 2.74 bits per heavy atom. The van der Waals surface area contributed by atoms with Gasteiger partial charge in [-0.25, -0.2) is 9.97 Å². The number of methoxy groups -OCH3 is 1. The minimum absolute atomic E-state index is 0.0644. The molecule has 206 valence electrons. The lowest BCUT2D eigenvalue weighted by molar-refractivity contribution is -0.168. The first-order chi connectivity index (χ1) is 17.9. The highest BCUT2D eigenvalue weighted by Crippen LogP contribution is 2.50. The molecule has 13 heteroatoms. The van der Waals surface area contributed by atoms with E-state index in [0.29, 0.717) is 49.0 Å². The van der Waals surface area contributed by atoms with Crippen LogP contribution in [-0.2, 0) is 20.4 Å². The number of aromatic nitrogens is 3. The number of nitrogens with one attached hydrogen (secondary N) is 2. The van der Waals surface area contributed by atoms with Gasteiger partial charge in [-0.15, -0.1) is 0 Å². The Balaban J connectivity index is 1.60. The number of hydrogen-bond donors (Lipinski definition) is 3. The van der Waals surface area contributed by atoms with Gasteiger partial charge in [0.15, 0.2) is 17.1 Å². The van der Waals surface area contributed by atoms with E-state index in [2.05, 4.69) is 25.6 Å². The van der Waals surface area contributed by atoms with Crippen molar-refractivity contribution in [3.8, 4) is 11.3 Å². The molecule has 38 heavy (non-hydrogen) atoms. The summed E-state index contributed by atoms with van der Waals surface area (Å²) < 4.78 is 63.3. The molecule has 1 aliphatic carbocycles. The molecular formula is C25H30F3N5O5. The smallest absolute Gasteiger partial charge is 0.433 e. The summed E-state index contributed by atoms with van der Waals surface area (Å²) in [5.74, 6) is -0.108. The van der Waals surface area contributed by atoms with Gasteiger partial charge in [0.1, 0.15) is 23.4 Å². The molecule has 3 aromatic rings. The van der Waals surface area contributed by atoms with Crippen molar-refractivity contribution < 1.29 is 36.9 Å². The number of aliphatic hydroxyl groups excluding tert-OH is 1. The second-order valence-electron chi connectivity index (χ2n) is 10.0. The standard InChI is InChI=1S/C25H30F3N5O5/c1-13-19(16-9-15-10-18(25(26,27)28)30-11-17(15)36-16)21(32-22(31-13)29-7-8-35-4)33-24-6-5-14(12-34)20(24)37-23(2,3)38-24/h9-11,14,20,34H,5-8,12H2,1-4H3,(H2,29,31,32,33)/t14-,20-,24-/m1/s1. The second-order valence-corrected chi connectivity index (χ2v) is 10.0. The van der Waals surface area contributed by atoms with Gasteiger partial charge in [0.2, 0.25) is 5.95 Å². The first kappa shape index (κ1) is 26.6. The van der Waals surface area contributed by atoms with E-state index in [1.54, 1.807) is 27.9 Å². The maximum atomic E-state index is 13.2. The number of anilines is 2. The van der Waals surface area contributed by atoms with Crippen molar-refractivity contribution >= 4 is 22.7 Å². The van der Waals surface area contributed by atoms with E-state index in [4.69, 9.17) is 18.6 Å². The van der Waals surface area contributed by atoms with Crippen molar-refractivity contribution in [2.24, 2.45) is 5.92 Å². The Morgan fingerprint density at radius 1 is 1.24 bits per heavy atom. The Morgan fingerprint density at radius 2 is 2.03 bits per heavy atom. The van der Waals surface area contributed by atoms with E-state index in [0.717, 1.165) is 12.3 Å². The number of fused-ring (bicyclic) bond motifs is 2. The lowest BCUT2D eigenvalue weighted by Gasteiger charge is -2.31. The summed E-state index contributed by atoms with van der Waals surface area (Å²) in [7, 11) is 1.58. The zero-order chi connectivity index (χ0) is 27.3. The molecule has 0 aromatic carbocycles. The van der Waals surface area contributed by atoms with E-state index in [1.165, 1.54) is 6.07 Å². The lowest BCUT2D eigenvalue weighted by atomic mass is 10.0. The molecule has 3 aromatic heterocycles. The zero-order valence-electron chi connectivity index (χ0n) is 21.5. The Hall–Kier alpha value is -3.00. The summed E-state index contributed by atoms with van der Waals surface area (Å²) >= 11 is 0. The van der Waals surface area contributed by atoms with E-state index in [-0.39, 0.29) is 29.3 Å². The van der Waals surface area contributed by atoms with Crippen LogP contribution in [-0.4, -0.2) is 64.5 Å². The molecule has 1 saturated heterocycles. The molecule has 3 atom stereocenters. The second kappa shape index (κ2) is 9.63. The lowest BCUT2D eigenvalue weighted by Crippen LogP contribution is -2.46. The number of furan rings is 1. The van der Waals surface area contributed by atoms with Gasteiger partial charge >= 0.3 is 6.18 Å². The maximum Gasteiger partial charge on any atom is 0.433 e. The van der Waals surface area contributed by atoms with Gasteiger partial charge in [-0.1, -0.05) is 0 Å². The number of hydrogen-bond acceptors (Lipinski definition) is 10. The van der Waals surface area contributed by atoms with E-state index >= 15 is 0 Å². The number of rotatable bonds is 8. The minimum atomic E-state index is -4.58. The third-order valence-corrected chi connectivity index (χ3v) is 6.80. The van der Waals surface area contributed by atoms with Gasteiger partial charge < -0.3 is 34.4 Å². The topological polar surface area (TPSA) is 124 Å². The molecule has 0 unspecified atom stereocenters. The molecule has 0 amide bonds. The zero-order valence-corrected chi connectivity index (χ0v) is 21.5. The molecular weight excluding hydrogens is 507 g/mol. The molecule has 0 radical (unpaired) electrons. The van der Waals surface area contributed by atoms with Crippen LogP contribution >= 0.6 is 0 Å². The quantitative estimate of drug-likeness (QED) is 0.358. The van der Waals surface area contributed by atoms with Gasteiger partial charge in [-0.2, -0.15) is 18.2 Å². The van der Waals surface area contributed by atoms with Crippen molar-refractivity contribution in [1.82, 2.24) is 15.0 Å². The summed E-state index contributed by atoms with van der Waals surface area (Å²) in [6, 6.07) is 2.46.